The highest BCUT2D eigenvalue weighted by atomic mass is 35.5. The topological polar surface area (TPSA) is 35.5 Å². The van der Waals surface area contributed by atoms with Crippen LogP contribution in [0.1, 0.15) is 21.5 Å². The third-order valence-electron chi connectivity index (χ3n) is 2.43. The van der Waals surface area contributed by atoms with E-state index in [4.69, 9.17) is 21.1 Å². The fourth-order valence-electron chi connectivity index (χ4n) is 1.48. The van der Waals surface area contributed by atoms with Crippen LogP contribution in [0.15, 0.2) is 6.07 Å². The first-order valence-electron chi connectivity index (χ1n) is 4.45. The molecule has 3 nitrogen and oxygen atoms in total. The van der Waals surface area contributed by atoms with E-state index in [-0.39, 0.29) is 0 Å². The van der Waals surface area contributed by atoms with Crippen molar-refractivity contribution < 1.29 is 14.3 Å². The van der Waals surface area contributed by atoms with Gasteiger partial charge in [0.1, 0.15) is 11.5 Å². The molecule has 0 saturated carbocycles. The first-order valence-corrected chi connectivity index (χ1v) is 4.82. The monoisotopic (exact) mass is 228 g/mol. The lowest BCUT2D eigenvalue weighted by atomic mass is 10.0. The molecule has 0 unspecified atom stereocenters. The summed E-state index contributed by atoms with van der Waals surface area (Å²) in [5, 5.41) is -0.548. The lowest BCUT2D eigenvalue weighted by molar-refractivity contribution is 0.107. The van der Waals surface area contributed by atoms with E-state index in [0.29, 0.717) is 17.1 Å². The van der Waals surface area contributed by atoms with Crippen molar-refractivity contribution in [1.82, 2.24) is 0 Å². The Morgan fingerprint density at radius 2 is 1.80 bits per heavy atom. The zero-order valence-corrected chi connectivity index (χ0v) is 9.94. The molecule has 4 heteroatoms. The highest BCUT2D eigenvalue weighted by molar-refractivity contribution is 6.68. The SMILES string of the molecule is COc1cc(C(=O)Cl)c(OC)c(C)c1C. The smallest absolute Gasteiger partial charge is 0.256 e. The van der Waals surface area contributed by atoms with E-state index < -0.39 is 5.24 Å². The van der Waals surface area contributed by atoms with Crippen LogP contribution in [0.5, 0.6) is 11.5 Å². The zero-order chi connectivity index (χ0) is 11.6. The number of hydrogen-bond acceptors (Lipinski definition) is 3. The molecule has 1 aromatic rings. The Labute approximate surface area is 93.9 Å². The summed E-state index contributed by atoms with van der Waals surface area (Å²) in [5.74, 6) is 1.14. The van der Waals surface area contributed by atoms with Crippen molar-refractivity contribution in [3.05, 3.63) is 22.8 Å². The van der Waals surface area contributed by atoms with E-state index in [1.807, 2.05) is 13.8 Å². The maximum atomic E-state index is 11.2. The van der Waals surface area contributed by atoms with Gasteiger partial charge in [0.15, 0.2) is 0 Å². The molecule has 1 aromatic carbocycles. The predicted octanol–water partition coefficient (Wildman–Crippen LogP) is 2.70. The Morgan fingerprint density at radius 3 is 2.20 bits per heavy atom. The van der Waals surface area contributed by atoms with Gasteiger partial charge >= 0.3 is 0 Å². The summed E-state index contributed by atoms with van der Waals surface area (Å²) in [4.78, 5) is 11.2. The number of methoxy groups -OCH3 is 2. The van der Waals surface area contributed by atoms with E-state index in [1.165, 1.54) is 7.11 Å². The number of carbonyl (C=O) groups is 1. The Bertz CT molecular complexity index is 399. The van der Waals surface area contributed by atoms with Gasteiger partial charge in [0.2, 0.25) is 0 Å². The molecule has 0 atom stereocenters. The summed E-state index contributed by atoms with van der Waals surface area (Å²) < 4.78 is 10.3. The predicted molar refractivity (Wildman–Crippen MR) is 59.2 cm³/mol. The molecular formula is C11H13ClO3. The van der Waals surface area contributed by atoms with Crippen LogP contribution >= 0.6 is 11.6 Å². The molecule has 0 spiro atoms. The van der Waals surface area contributed by atoms with Crippen LogP contribution in [-0.2, 0) is 0 Å². The fourth-order valence-corrected chi connectivity index (χ4v) is 1.62. The Morgan fingerprint density at radius 1 is 1.20 bits per heavy atom. The quantitative estimate of drug-likeness (QED) is 0.747. The van der Waals surface area contributed by atoms with E-state index in [1.54, 1.807) is 13.2 Å². The van der Waals surface area contributed by atoms with E-state index >= 15 is 0 Å². The van der Waals surface area contributed by atoms with Gasteiger partial charge in [0.05, 0.1) is 19.8 Å². The molecule has 82 valence electrons. The van der Waals surface area contributed by atoms with Gasteiger partial charge in [-0.2, -0.15) is 0 Å². The number of carbonyl (C=O) groups excluding carboxylic acids is 1. The summed E-state index contributed by atoms with van der Waals surface area (Å²) in [6.45, 7) is 3.76. The van der Waals surface area contributed by atoms with E-state index in [2.05, 4.69) is 0 Å². The summed E-state index contributed by atoms with van der Waals surface area (Å²) in [6.07, 6.45) is 0. The molecule has 0 radical (unpaired) electrons. The highest BCUT2D eigenvalue weighted by Crippen LogP contribution is 2.33. The van der Waals surface area contributed by atoms with Crippen LogP contribution in [0.4, 0.5) is 0 Å². The third-order valence-corrected chi connectivity index (χ3v) is 2.63. The van der Waals surface area contributed by atoms with Gasteiger partial charge in [-0.05, 0) is 42.6 Å². The largest absolute Gasteiger partial charge is 0.496 e. The zero-order valence-electron chi connectivity index (χ0n) is 9.18. The molecule has 0 amide bonds. The fraction of sp³-hybridized carbons (Fsp3) is 0.364. The molecule has 1 rings (SSSR count). The molecule has 0 heterocycles. The van der Waals surface area contributed by atoms with Gasteiger partial charge < -0.3 is 9.47 Å². The lowest BCUT2D eigenvalue weighted by Crippen LogP contribution is -2.01. The van der Waals surface area contributed by atoms with E-state index in [9.17, 15) is 4.79 Å². The maximum absolute atomic E-state index is 11.2. The standard InChI is InChI=1S/C11H13ClO3/c1-6-7(2)10(15-4)8(11(12)13)5-9(6)14-3/h5H,1-4H3. The van der Waals surface area contributed by atoms with Gasteiger partial charge in [0.25, 0.3) is 5.24 Å². The number of rotatable bonds is 3. The first-order chi connectivity index (χ1) is 7.02. The number of hydrogen-bond donors (Lipinski definition) is 0. The second-order valence-electron chi connectivity index (χ2n) is 3.18. The maximum Gasteiger partial charge on any atom is 0.256 e. The average Bonchev–Trinajstić information content (AvgIpc) is 2.21. The average molecular weight is 229 g/mol. The van der Waals surface area contributed by atoms with Gasteiger partial charge in [-0.1, -0.05) is 0 Å². The second-order valence-corrected chi connectivity index (χ2v) is 3.53. The lowest BCUT2D eigenvalue weighted by Gasteiger charge is -2.14. The summed E-state index contributed by atoms with van der Waals surface area (Å²) in [6, 6.07) is 1.59. The van der Waals surface area contributed by atoms with Crippen molar-refractivity contribution >= 4 is 16.8 Å². The number of ether oxygens (including phenoxy) is 2. The Hall–Kier alpha value is -1.22. The molecule has 0 aromatic heterocycles. The minimum Gasteiger partial charge on any atom is -0.496 e. The molecule has 0 aliphatic carbocycles. The van der Waals surface area contributed by atoms with Gasteiger partial charge in [-0.15, -0.1) is 0 Å². The minimum atomic E-state index is -0.548. The van der Waals surface area contributed by atoms with Crippen molar-refractivity contribution in [2.24, 2.45) is 0 Å². The number of halogens is 1. The van der Waals surface area contributed by atoms with Crippen molar-refractivity contribution in [2.45, 2.75) is 13.8 Å². The molecular weight excluding hydrogens is 216 g/mol. The first kappa shape index (κ1) is 11.9. The van der Waals surface area contributed by atoms with Crippen LogP contribution in [0, 0.1) is 13.8 Å². The molecule has 0 saturated heterocycles. The number of benzene rings is 1. The molecule has 0 bridgehead atoms. The molecule has 15 heavy (non-hydrogen) atoms. The van der Waals surface area contributed by atoms with Crippen LogP contribution in [0.25, 0.3) is 0 Å². The summed E-state index contributed by atoms with van der Waals surface area (Å²) >= 11 is 5.47. The molecule has 0 aliphatic heterocycles. The van der Waals surface area contributed by atoms with Gasteiger partial charge in [-0.3, -0.25) is 4.79 Å². The van der Waals surface area contributed by atoms with Crippen LogP contribution < -0.4 is 9.47 Å². The summed E-state index contributed by atoms with van der Waals surface area (Å²) in [7, 11) is 3.06. The molecule has 0 N–H and O–H groups in total. The van der Waals surface area contributed by atoms with Crippen LogP contribution in [0.3, 0.4) is 0 Å². The van der Waals surface area contributed by atoms with Crippen LogP contribution in [-0.4, -0.2) is 19.5 Å². The second kappa shape index (κ2) is 4.53. The highest BCUT2D eigenvalue weighted by Gasteiger charge is 2.17. The third kappa shape index (κ3) is 2.07. The van der Waals surface area contributed by atoms with Crippen molar-refractivity contribution in [3.8, 4) is 11.5 Å². The van der Waals surface area contributed by atoms with Crippen molar-refractivity contribution in [2.75, 3.05) is 14.2 Å². The minimum absolute atomic E-state index is 0.333. The van der Waals surface area contributed by atoms with Crippen LogP contribution in [0.2, 0.25) is 0 Å². The van der Waals surface area contributed by atoms with Gasteiger partial charge in [-0.25, -0.2) is 0 Å². The van der Waals surface area contributed by atoms with Crippen molar-refractivity contribution in [1.29, 1.82) is 0 Å². The normalized spacial score (nSPS) is 9.93. The van der Waals surface area contributed by atoms with Gasteiger partial charge in [0, 0.05) is 0 Å². The summed E-state index contributed by atoms with van der Waals surface area (Å²) in [5.41, 5.74) is 2.14. The van der Waals surface area contributed by atoms with E-state index in [0.717, 1.165) is 11.1 Å². The Kier molecular flexibility index (Phi) is 3.58. The Balaban J connectivity index is 3.51. The van der Waals surface area contributed by atoms with Crippen molar-refractivity contribution in [3.63, 3.8) is 0 Å². The molecule has 0 fully saturated rings. The molecule has 0 aliphatic rings.